The highest BCUT2D eigenvalue weighted by Gasteiger charge is 2.07. The van der Waals surface area contributed by atoms with E-state index in [1.165, 1.54) is 16.7 Å². The van der Waals surface area contributed by atoms with E-state index >= 15 is 0 Å². The SMILES string of the molecule is Cc1cccc(Cc2ccc(C#C[Si](C)(C)C)cc2)c1. The van der Waals surface area contributed by atoms with Crippen LogP contribution in [0.1, 0.15) is 22.3 Å². The van der Waals surface area contributed by atoms with E-state index in [2.05, 4.69) is 86.6 Å². The molecule has 0 heterocycles. The minimum atomic E-state index is -1.28. The zero-order valence-electron chi connectivity index (χ0n) is 12.8. The van der Waals surface area contributed by atoms with Crippen LogP contribution in [-0.4, -0.2) is 8.07 Å². The Morgan fingerprint density at radius 2 is 1.60 bits per heavy atom. The Hall–Kier alpha value is -1.78. The number of benzene rings is 2. The van der Waals surface area contributed by atoms with Gasteiger partial charge in [0.05, 0.1) is 0 Å². The van der Waals surface area contributed by atoms with E-state index < -0.39 is 8.07 Å². The van der Waals surface area contributed by atoms with Crippen LogP contribution in [0.25, 0.3) is 0 Å². The Kier molecular flexibility index (Phi) is 4.47. The molecule has 20 heavy (non-hydrogen) atoms. The van der Waals surface area contributed by atoms with Crippen molar-refractivity contribution in [2.75, 3.05) is 0 Å². The minimum absolute atomic E-state index is 0.989. The lowest BCUT2D eigenvalue weighted by Gasteiger charge is -2.05. The van der Waals surface area contributed by atoms with E-state index in [0.717, 1.165) is 12.0 Å². The minimum Gasteiger partial charge on any atom is -0.127 e. The third-order valence-electron chi connectivity index (χ3n) is 3.03. The van der Waals surface area contributed by atoms with Gasteiger partial charge >= 0.3 is 0 Å². The predicted octanol–water partition coefficient (Wildman–Crippen LogP) is 4.81. The molecule has 102 valence electrons. The molecule has 0 spiro atoms. The molecule has 0 nitrogen and oxygen atoms in total. The molecule has 0 atom stereocenters. The number of aryl methyl sites for hydroxylation is 1. The molecule has 0 unspecified atom stereocenters. The highest BCUT2D eigenvalue weighted by Crippen LogP contribution is 2.12. The third-order valence-corrected chi connectivity index (χ3v) is 3.90. The summed E-state index contributed by atoms with van der Waals surface area (Å²) in [6, 6.07) is 17.4. The maximum atomic E-state index is 3.40. The van der Waals surface area contributed by atoms with Crippen molar-refractivity contribution in [3.8, 4) is 11.5 Å². The van der Waals surface area contributed by atoms with Gasteiger partial charge in [0.2, 0.25) is 0 Å². The van der Waals surface area contributed by atoms with Crippen LogP contribution in [0.5, 0.6) is 0 Å². The second-order valence-corrected chi connectivity index (χ2v) is 11.1. The Morgan fingerprint density at radius 3 is 2.20 bits per heavy atom. The predicted molar refractivity (Wildman–Crippen MR) is 90.7 cm³/mol. The van der Waals surface area contributed by atoms with E-state index in [4.69, 9.17) is 0 Å². The maximum absolute atomic E-state index is 3.40. The highest BCUT2D eigenvalue weighted by molar-refractivity contribution is 6.83. The smallest absolute Gasteiger partial charge is 0.127 e. The first-order valence-electron chi connectivity index (χ1n) is 7.10. The molecular formula is C19H22Si. The van der Waals surface area contributed by atoms with Crippen LogP contribution < -0.4 is 0 Å². The summed E-state index contributed by atoms with van der Waals surface area (Å²) in [6.07, 6.45) is 0.989. The normalized spacial score (nSPS) is 10.8. The summed E-state index contributed by atoms with van der Waals surface area (Å²) in [5.41, 5.74) is 8.56. The molecule has 2 aromatic rings. The standard InChI is InChI=1S/C19H22Si/c1-16-6-5-7-19(14-16)15-18-10-8-17(9-11-18)12-13-20(2,3)4/h5-11,14H,15H2,1-4H3. The Bertz CT molecular complexity index is 634. The van der Waals surface area contributed by atoms with Gasteiger partial charge in [-0.1, -0.05) is 67.5 Å². The van der Waals surface area contributed by atoms with E-state index in [0.29, 0.717) is 0 Å². The molecule has 0 bridgehead atoms. The van der Waals surface area contributed by atoms with Gasteiger partial charge in [-0.3, -0.25) is 0 Å². The summed E-state index contributed by atoms with van der Waals surface area (Å²) in [5, 5.41) is 0. The molecule has 0 aliphatic carbocycles. The lowest BCUT2D eigenvalue weighted by Crippen LogP contribution is -2.16. The van der Waals surface area contributed by atoms with Gasteiger partial charge in [-0.25, -0.2) is 0 Å². The average molecular weight is 278 g/mol. The Balaban J connectivity index is 2.10. The lowest BCUT2D eigenvalue weighted by atomic mass is 10.0. The molecule has 1 heteroatoms. The van der Waals surface area contributed by atoms with Gasteiger partial charge in [0.1, 0.15) is 8.07 Å². The Labute approximate surface area is 123 Å². The van der Waals surface area contributed by atoms with Crippen molar-refractivity contribution >= 4 is 8.07 Å². The van der Waals surface area contributed by atoms with Gasteiger partial charge in [0, 0.05) is 5.56 Å². The molecule has 2 aromatic carbocycles. The molecule has 0 aliphatic heterocycles. The van der Waals surface area contributed by atoms with Crippen LogP contribution in [0.2, 0.25) is 19.6 Å². The molecule has 0 N–H and O–H groups in total. The van der Waals surface area contributed by atoms with Gasteiger partial charge in [0.15, 0.2) is 0 Å². The summed E-state index contributed by atoms with van der Waals surface area (Å²) in [4.78, 5) is 0. The van der Waals surface area contributed by atoms with Crippen molar-refractivity contribution in [1.82, 2.24) is 0 Å². The number of hydrogen-bond acceptors (Lipinski definition) is 0. The first-order chi connectivity index (χ1) is 9.42. The van der Waals surface area contributed by atoms with Crippen LogP contribution in [0.4, 0.5) is 0 Å². The van der Waals surface area contributed by atoms with E-state index in [-0.39, 0.29) is 0 Å². The highest BCUT2D eigenvalue weighted by atomic mass is 28.3. The fourth-order valence-electron chi connectivity index (χ4n) is 2.02. The van der Waals surface area contributed by atoms with E-state index in [9.17, 15) is 0 Å². The molecule has 0 saturated heterocycles. The largest absolute Gasteiger partial charge is 0.129 e. The van der Waals surface area contributed by atoms with Gasteiger partial charge in [-0.05, 0) is 36.6 Å². The van der Waals surface area contributed by atoms with Crippen LogP contribution in [-0.2, 0) is 6.42 Å². The lowest BCUT2D eigenvalue weighted by molar-refractivity contribution is 1.18. The molecule has 0 amide bonds. The van der Waals surface area contributed by atoms with Gasteiger partial charge < -0.3 is 0 Å². The van der Waals surface area contributed by atoms with Crippen LogP contribution in [0, 0.1) is 18.4 Å². The summed E-state index contributed by atoms with van der Waals surface area (Å²) in [7, 11) is -1.28. The molecule has 0 fully saturated rings. The van der Waals surface area contributed by atoms with Gasteiger partial charge in [-0.15, -0.1) is 5.54 Å². The molecular weight excluding hydrogens is 256 g/mol. The fraction of sp³-hybridized carbons (Fsp3) is 0.263. The molecule has 0 radical (unpaired) electrons. The van der Waals surface area contributed by atoms with Crippen molar-refractivity contribution in [2.24, 2.45) is 0 Å². The molecule has 0 aliphatic rings. The summed E-state index contributed by atoms with van der Waals surface area (Å²) >= 11 is 0. The van der Waals surface area contributed by atoms with Crippen molar-refractivity contribution in [2.45, 2.75) is 33.0 Å². The van der Waals surface area contributed by atoms with Crippen molar-refractivity contribution in [1.29, 1.82) is 0 Å². The van der Waals surface area contributed by atoms with Crippen LogP contribution in [0.3, 0.4) is 0 Å². The van der Waals surface area contributed by atoms with Gasteiger partial charge in [0.25, 0.3) is 0 Å². The topological polar surface area (TPSA) is 0 Å². The third kappa shape index (κ3) is 4.72. The average Bonchev–Trinajstić information content (AvgIpc) is 2.37. The first kappa shape index (κ1) is 14.6. The summed E-state index contributed by atoms with van der Waals surface area (Å²) < 4.78 is 0. The maximum Gasteiger partial charge on any atom is 0.129 e. The monoisotopic (exact) mass is 278 g/mol. The number of hydrogen-bond donors (Lipinski definition) is 0. The van der Waals surface area contributed by atoms with Crippen molar-refractivity contribution in [3.63, 3.8) is 0 Å². The molecule has 2 rings (SSSR count). The molecule has 0 saturated carbocycles. The second kappa shape index (κ2) is 6.11. The molecule has 0 aromatic heterocycles. The van der Waals surface area contributed by atoms with Crippen LogP contribution in [0.15, 0.2) is 48.5 Å². The van der Waals surface area contributed by atoms with Gasteiger partial charge in [-0.2, -0.15) is 0 Å². The van der Waals surface area contributed by atoms with E-state index in [1.54, 1.807) is 0 Å². The van der Waals surface area contributed by atoms with Crippen molar-refractivity contribution < 1.29 is 0 Å². The second-order valence-electron chi connectivity index (χ2n) is 6.36. The summed E-state index contributed by atoms with van der Waals surface area (Å²) in [6.45, 7) is 8.95. The number of rotatable bonds is 2. The first-order valence-corrected chi connectivity index (χ1v) is 10.6. The Morgan fingerprint density at radius 1 is 0.900 bits per heavy atom. The van der Waals surface area contributed by atoms with Crippen LogP contribution >= 0.6 is 0 Å². The van der Waals surface area contributed by atoms with E-state index in [1.807, 2.05) is 0 Å². The fourth-order valence-corrected chi connectivity index (χ4v) is 2.54. The summed E-state index contributed by atoms with van der Waals surface area (Å²) in [5.74, 6) is 3.30. The quantitative estimate of drug-likeness (QED) is 0.546. The van der Waals surface area contributed by atoms with Crippen molar-refractivity contribution in [3.05, 3.63) is 70.8 Å². The zero-order chi connectivity index (χ0) is 14.6. The zero-order valence-corrected chi connectivity index (χ0v) is 13.8.